The van der Waals surface area contributed by atoms with Gasteiger partial charge in [0.15, 0.2) is 17.3 Å². The number of piperidine rings is 1. The summed E-state index contributed by atoms with van der Waals surface area (Å²) >= 11 is 12.6. The first kappa shape index (κ1) is 17.4. The number of benzene rings is 1. The van der Waals surface area contributed by atoms with Gasteiger partial charge in [-0.15, -0.1) is 0 Å². The second-order valence-electron chi connectivity index (χ2n) is 7.54. The van der Waals surface area contributed by atoms with Crippen LogP contribution >= 0.6 is 23.2 Å². The maximum Gasteiger partial charge on any atom is 0.180 e. The molecular formula is C19H21Cl2N5. The fourth-order valence-electron chi connectivity index (χ4n) is 3.48. The van der Waals surface area contributed by atoms with Gasteiger partial charge in [-0.3, -0.25) is 4.40 Å². The predicted molar refractivity (Wildman–Crippen MR) is 108 cm³/mol. The summed E-state index contributed by atoms with van der Waals surface area (Å²) in [5.74, 6) is 1.24. The van der Waals surface area contributed by atoms with Crippen molar-refractivity contribution in [1.29, 1.82) is 0 Å². The highest BCUT2D eigenvalue weighted by Crippen LogP contribution is 2.39. The molecule has 1 saturated heterocycles. The Morgan fingerprint density at radius 3 is 2.62 bits per heavy atom. The average molecular weight is 390 g/mol. The van der Waals surface area contributed by atoms with Crippen LogP contribution in [0.25, 0.3) is 16.9 Å². The number of anilines is 2. The van der Waals surface area contributed by atoms with E-state index in [0.717, 1.165) is 43.0 Å². The number of fused-ring (bicyclic) bond motifs is 1. The summed E-state index contributed by atoms with van der Waals surface area (Å²) in [5, 5.41) is 0.948. The maximum absolute atomic E-state index is 6.43. The molecular weight excluding hydrogens is 369 g/mol. The largest absolute Gasteiger partial charge is 0.382 e. The highest BCUT2D eigenvalue weighted by molar-refractivity contribution is 6.43. The molecule has 7 heteroatoms. The van der Waals surface area contributed by atoms with Gasteiger partial charge in [0, 0.05) is 31.0 Å². The van der Waals surface area contributed by atoms with Crippen LogP contribution in [-0.4, -0.2) is 27.5 Å². The van der Waals surface area contributed by atoms with Crippen molar-refractivity contribution in [2.45, 2.75) is 26.7 Å². The van der Waals surface area contributed by atoms with Crippen molar-refractivity contribution < 1.29 is 0 Å². The molecule has 0 aliphatic carbocycles. The van der Waals surface area contributed by atoms with Crippen LogP contribution in [0.1, 0.15) is 26.7 Å². The van der Waals surface area contributed by atoms with Crippen molar-refractivity contribution in [3.8, 4) is 11.3 Å². The monoisotopic (exact) mass is 389 g/mol. The van der Waals surface area contributed by atoms with Crippen LogP contribution < -0.4 is 10.6 Å². The van der Waals surface area contributed by atoms with Gasteiger partial charge >= 0.3 is 0 Å². The van der Waals surface area contributed by atoms with Crippen LogP contribution in [-0.2, 0) is 0 Å². The molecule has 0 atom stereocenters. The highest BCUT2D eigenvalue weighted by Gasteiger charge is 2.28. The molecule has 5 nitrogen and oxygen atoms in total. The lowest BCUT2D eigenvalue weighted by Crippen LogP contribution is -2.38. The Bertz CT molecular complexity index is 969. The standard InChI is InChI=1S/C19H21Cl2N5/c1-19(2)6-9-25(10-7-19)18-17-23-8-11-26(17)15(16(22)24-18)12-4-3-5-13(20)14(12)21/h3-5,8,11H,6-7,9-10,22H2,1-2H3. The van der Waals surface area contributed by atoms with Crippen LogP contribution in [0.5, 0.6) is 0 Å². The zero-order valence-electron chi connectivity index (χ0n) is 14.8. The lowest BCUT2D eigenvalue weighted by atomic mass is 9.83. The first-order chi connectivity index (χ1) is 12.4. The summed E-state index contributed by atoms with van der Waals surface area (Å²) in [7, 11) is 0. The van der Waals surface area contributed by atoms with Gasteiger partial charge in [0.1, 0.15) is 0 Å². The molecule has 0 unspecified atom stereocenters. The molecule has 0 amide bonds. The number of nitrogens with zero attached hydrogens (tertiary/aromatic N) is 4. The van der Waals surface area contributed by atoms with Crippen LogP contribution in [0.4, 0.5) is 11.6 Å². The van der Waals surface area contributed by atoms with Gasteiger partial charge in [0.2, 0.25) is 0 Å². The number of hydrogen-bond acceptors (Lipinski definition) is 4. The number of nitrogens with two attached hydrogens (primary N) is 1. The van der Waals surface area contributed by atoms with Gasteiger partial charge in [-0.25, -0.2) is 9.97 Å². The Morgan fingerprint density at radius 1 is 1.15 bits per heavy atom. The van der Waals surface area contributed by atoms with Gasteiger partial charge in [0.05, 0.1) is 15.7 Å². The molecule has 0 radical (unpaired) electrons. The highest BCUT2D eigenvalue weighted by atomic mass is 35.5. The van der Waals surface area contributed by atoms with Crippen molar-refractivity contribution in [2.75, 3.05) is 23.7 Å². The molecule has 0 saturated carbocycles. The Balaban J connectivity index is 1.85. The van der Waals surface area contributed by atoms with Crippen molar-refractivity contribution in [3.63, 3.8) is 0 Å². The minimum absolute atomic E-state index is 0.363. The summed E-state index contributed by atoms with van der Waals surface area (Å²) in [5.41, 5.74) is 8.98. The summed E-state index contributed by atoms with van der Waals surface area (Å²) in [6.45, 7) is 6.50. The molecule has 2 aromatic heterocycles. The fourth-order valence-corrected chi connectivity index (χ4v) is 3.87. The third kappa shape index (κ3) is 2.89. The van der Waals surface area contributed by atoms with E-state index in [9.17, 15) is 0 Å². The molecule has 1 aromatic carbocycles. The number of halogens is 2. The molecule has 2 N–H and O–H groups in total. The molecule has 3 heterocycles. The molecule has 3 aromatic rings. The number of nitrogen functional groups attached to an aromatic ring is 1. The summed E-state index contributed by atoms with van der Waals surface area (Å²) in [4.78, 5) is 11.5. The average Bonchev–Trinajstić information content (AvgIpc) is 3.07. The zero-order valence-corrected chi connectivity index (χ0v) is 16.3. The minimum atomic E-state index is 0.363. The van der Waals surface area contributed by atoms with Crippen molar-refractivity contribution in [2.24, 2.45) is 5.41 Å². The van der Waals surface area contributed by atoms with E-state index < -0.39 is 0 Å². The van der Waals surface area contributed by atoms with Gasteiger partial charge < -0.3 is 10.6 Å². The third-order valence-electron chi connectivity index (χ3n) is 5.17. The number of hydrogen-bond donors (Lipinski definition) is 1. The molecule has 26 heavy (non-hydrogen) atoms. The predicted octanol–water partition coefficient (Wildman–Crippen LogP) is 4.91. The molecule has 1 aliphatic rings. The summed E-state index contributed by atoms with van der Waals surface area (Å²) in [6, 6.07) is 5.50. The van der Waals surface area contributed by atoms with E-state index in [1.165, 1.54) is 0 Å². The SMILES string of the molecule is CC1(C)CCN(c2nc(N)c(-c3cccc(Cl)c3Cl)n3ccnc23)CC1. The lowest BCUT2D eigenvalue weighted by Gasteiger charge is -2.37. The molecule has 4 rings (SSSR count). The van der Waals surface area contributed by atoms with Crippen LogP contribution in [0.2, 0.25) is 10.0 Å². The molecule has 0 spiro atoms. The lowest BCUT2D eigenvalue weighted by molar-refractivity contribution is 0.279. The van der Waals surface area contributed by atoms with E-state index in [1.807, 2.05) is 22.7 Å². The topological polar surface area (TPSA) is 59.5 Å². The smallest absolute Gasteiger partial charge is 0.180 e. The van der Waals surface area contributed by atoms with Crippen molar-refractivity contribution in [3.05, 3.63) is 40.6 Å². The fraction of sp³-hybridized carbons (Fsp3) is 0.368. The Labute approximate surface area is 162 Å². The quantitative estimate of drug-likeness (QED) is 0.675. The van der Waals surface area contributed by atoms with Crippen molar-refractivity contribution in [1.82, 2.24) is 14.4 Å². The molecule has 136 valence electrons. The van der Waals surface area contributed by atoms with E-state index in [1.54, 1.807) is 12.3 Å². The normalized spacial score (nSPS) is 17.0. The van der Waals surface area contributed by atoms with Gasteiger partial charge in [0.25, 0.3) is 0 Å². The molecule has 1 fully saturated rings. The zero-order chi connectivity index (χ0) is 18.5. The van der Waals surface area contributed by atoms with E-state index in [-0.39, 0.29) is 0 Å². The summed E-state index contributed by atoms with van der Waals surface area (Å²) in [6.07, 6.45) is 5.87. The summed E-state index contributed by atoms with van der Waals surface area (Å²) < 4.78 is 1.95. The van der Waals surface area contributed by atoms with E-state index in [0.29, 0.717) is 27.0 Å². The van der Waals surface area contributed by atoms with Gasteiger partial charge in [-0.1, -0.05) is 49.2 Å². The van der Waals surface area contributed by atoms with Crippen LogP contribution in [0.3, 0.4) is 0 Å². The van der Waals surface area contributed by atoms with E-state index >= 15 is 0 Å². The van der Waals surface area contributed by atoms with E-state index in [2.05, 4.69) is 23.7 Å². The third-order valence-corrected chi connectivity index (χ3v) is 5.99. The number of imidazole rings is 1. The molecule has 0 bridgehead atoms. The minimum Gasteiger partial charge on any atom is -0.382 e. The van der Waals surface area contributed by atoms with Gasteiger partial charge in [-0.2, -0.15) is 0 Å². The molecule has 1 aliphatic heterocycles. The van der Waals surface area contributed by atoms with Crippen LogP contribution in [0, 0.1) is 5.41 Å². The second-order valence-corrected chi connectivity index (χ2v) is 8.33. The van der Waals surface area contributed by atoms with Gasteiger partial charge in [-0.05, 0) is 24.3 Å². The van der Waals surface area contributed by atoms with Crippen molar-refractivity contribution >= 4 is 40.5 Å². The Kier molecular flexibility index (Phi) is 4.24. The Morgan fingerprint density at radius 2 is 1.88 bits per heavy atom. The number of aromatic nitrogens is 3. The first-order valence-electron chi connectivity index (χ1n) is 8.69. The second kappa shape index (κ2) is 6.32. The maximum atomic E-state index is 6.43. The van der Waals surface area contributed by atoms with Crippen LogP contribution in [0.15, 0.2) is 30.6 Å². The van der Waals surface area contributed by atoms with E-state index in [4.69, 9.17) is 33.9 Å². The number of rotatable bonds is 2. The Hall–Kier alpha value is -1.98. The first-order valence-corrected chi connectivity index (χ1v) is 9.45.